The van der Waals surface area contributed by atoms with Crippen LogP contribution in [0.25, 0.3) is 6.08 Å². The van der Waals surface area contributed by atoms with Gasteiger partial charge in [0.2, 0.25) is 0 Å². The highest BCUT2D eigenvalue weighted by Crippen LogP contribution is 2.29. The van der Waals surface area contributed by atoms with Gasteiger partial charge in [0.25, 0.3) is 17.5 Å². The summed E-state index contributed by atoms with van der Waals surface area (Å²) in [5.74, 6) is -1.66. The number of amides is 4. The first kappa shape index (κ1) is 19.7. The fourth-order valence-electron chi connectivity index (χ4n) is 2.98. The quantitative estimate of drug-likeness (QED) is 0.369. The zero-order chi connectivity index (χ0) is 21.3. The fraction of sp³-hybridized carbons (Fsp3) is 0.150. The number of imide groups is 2. The van der Waals surface area contributed by atoms with Crippen LogP contribution in [0, 0.1) is 17.0 Å². The topological polar surface area (TPSA) is 113 Å². The van der Waals surface area contributed by atoms with Gasteiger partial charge in [-0.15, -0.1) is 0 Å². The number of carbonyl (C=O) groups is 3. The van der Waals surface area contributed by atoms with Gasteiger partial charge >= 0.3 is 6.03 Å². The SMILES string of the molecule is Cc1cccc(N2C(=O)NC(=O)/C(=C\c3ccc(N(C)C)c([N+](=O)[O-])c3)C2=O)c1. The molecule has 0 aromatic heterocycles. The standard InChI is InChI=1S/C20H18N4O5/c1-12-5-4-6-14(9-12)23-19(26)15(18(25)21-20(23)27)10-13-7-8-16(22(2)3)17(11-13)24(28)29/h4-11H,1-3H3,(H,21,25,27)/b15-10+. The minimum absolute atomic E-state index is 0.167. The van der Waals surface area contributed by atoms with Crippen molar-refractivity contribution in [1.82, 2.24) is 5.32 Å². The van der Waals surface area contributed by atoms with Crippen LogP contribution in [0.15, 0.2) is 48.0 Å². The molecule has 1 aliphatic rings. The summed E-state index contributed by atoms with van der Waals surface area (Å²) in [5, 5.41) is 13.5. The number of anilines is 2. The number of rotatable bonds is 4. The minimum Gasteiger partial charge on any atom is -0.372 e. The number of hydrogen-bond donors (Lipinski definition) is 1. The lowest BCUT2D eigenvalue weighted by molar-refractivity contribution is -0.384. The van der Waals surface area contributed by atoms with Crippen LogP contribution < -0.4 is 15.1 Å². The van der Waals surface area contributed by atoms with Gasteiger partial charge in [-0.1, -0.05) is 18.2 Å². The molecule has 3 rings (SSSR count). The van der Waals surface area contributed by atoms with Crippen molar-refractivity contribution in [2.24, 2.45) is 0 Å². The molecule has 2 aromatic rings. The largest absolute Gasteiger partial charge is 0.372 e. The van der Waals surface area contributed by atoms with Crippen LogP contribution in [0.3, 0.4) is 0 Å². The van der Waals surface area contributed by atoms with Crippen molar-refractivity contribution in [3.63, 3.8) is 0 Å². The molecule has 0 bridgehead atoms. The number of nitrogens with one attached hydrogen (secondary N) is 1. The molecule has 0 radical (unpaired) electrons. The van der Waals surface area contributed by atoms with E-state index in [0.29, 0.717) is 16.9 Å². The van der Waals surface area contributed by atoms with Crippen LogP contribution in [0.4, 0.5) is 21.9 Å². The second kappa shape index (κ2) is 7.55. The van der Waals surface area contributed by atoms with Gasteiger partial charge in [-0.05, 0) is 42.3 Å². The van der Waals surface area contributed by atoms with E-state index in [2.05, 4.69) is 5.32 Å². The third-order valence-electron chi connectivity index (χ3n) is 4.35. The van der Waals surface area contributed by atoms with E-state index in [1.54, 1.807) is 43.3 Å². The molecule has 1 saturated heterocycles. The molecule has 9 heteroatoms. The van der Waals surface area contributed by atoms with Gasteiger partial charge in [0.1, 0.15) is 11.3 Å². The van der Waals surface area contributed by atoms with E-state index in [1.807, 2.05) is 13.0 Å². The maximum Gasteiger partial charge on any atom is 0.335 e. The third kappa shape index (κ3) is 3.84. The van der Waals surface area contributed by atoms with E-state index < -0.39 is 22.8 Å². The first-order valence-electron chi connectivity index (χ1n) is 8.63. The van der Waals surface area contributed by atoms with E-state index >= 15 is 0 Å². The zero-order valence-electron chi connectivity index (χ0n) is 16.0. The van der Waals surface area contributed by atoms with E-state index in [1.165, 1.54) is 18.2 Å². The highest BCUT2D eigenvalue weighted by molar-refractivity contribution is 6.39. The molecule has 29 heavy (non-hydrogen) atoms. The first-order valence-corrected chi connectivity index (χ1v) is 8.63. The van der Waals surface area contributed by atoms with Gasteiger partial charge in [0.15, 0.2) is 0 Å². The molecular formula is C20H18N4O5. The molecular weight excluding hydrogens is 376 g/mol. The monoisotopic (exact) mass is 394 g/mol. The van der Waals surface area contributed by atoms with E-state index in [0.717, 1.165) is 10.5 Å². The average molecular weight is 394 g/mol. The maximum absolute atomic E-state index is 12.9. The zero-order valence-corrected chi connectivity index (χ0v) is 16.0. The smallest absolute Gasteiger partial charge is 0.335 e. The summed E-state index contributed by atoms with van der Waals surface area (Å²) >= 11 is 0. The Morgan fingerprint density at radius 2 is 1.83 bits per heavy atom. The van der Waals surface area contributed by atoms with E-state index in [9.17, 15) is 24.5 Å². The van der Waals surface area contributed by atoms with Gasteiger partial charge in [-0.3, -0.25) is 25.0 Å². The van der Waals surface area contributed by atoms with Crippen LogP contribution in [-0.2, 0) is 9.59 Å². The lowest BCUT2D eigenvalue weighted by atomic mass is 10.1. The average Bonchev–Trinajstić information content (AvgIpc) is 2.64. The molecule has 4 amide bonds. The second-order valence-electron chi connectivity index (χ2n) is 6.70. The van der Waals surface area contributed by atoms with Crippen LogP contribution in [0.1, 0.15) is 11.1 Å². The molecule has 1 heterocycles. The van der Waals surface area contributed by atoms with Crippen molar-refractivity contribution in [3.8, 4) is 0 Å². The molecule has 148 valence electrons. The molecule has 1 N–H and O–H groups in total. The predicted molar refractivity (Wildman–Crippen MR) is 108 cm³/mol. The first-order chi connectivity index (χ1) is 13.7. The molecule has 1 fully saturated rings. The number of hydrogen-bond acceptors (Lipinski definition) is 6. The number of benzene rings is 2. The van der Waals surface area contributed by atoms with Crippen molar-refractivity contribution in [2.75, 3.05) is 23.9 Å². The summed E-state index contributed by atoms with van der Waals surface area (Å²) in [6, 6.07) is 10.2. The second-order valence-corrected chi connectivity index (χ2v) is 6.70. The van der Waals surface area contributed by atoms with Crippen molar-refractivity contribution < 1.29 is 19.3 Å². The normalized spacial score (nSPS) is 15.5. The summed E-state index contributed by atoms with van der Waals surface area (Å²) in [4.78, 5) is 50.7. The molecule has 0 atom stereocenters. The number of nitrogens with zero attached hydrogens (tertiary/aromatic N) is 3. The Bertz CT molecular complexity index is 1070. The van der Waals surface area contributed by atoms with Gasteiger partial charge in [-0.2, -0.15) is 0 Å². The lowest BCUT2D eigenvalue weighted by Gasteiger charge is -2.26. The molecule has 0 saturated carbocycles. The Labute approximate surface area is 166 Å². The van der Waals surface area contributed by atoms with Crippen LogP contribution in [0.2, 0.25) is 0 Å². The van der Waals surface area contributed by atoms with Crippen LogP contribution >= 0.6 is 0 Å². The Morgan fingerprint density at radius 3 is 2.45 bits per heavy atom. The van der Waals surface area contributed by atoms with Gasteiger partial charge in [0.05, 0.1) is 10.6 Å². The molecule has 0 aliphatic carbocycles. The molecule has 0 spiro atoms. The Kier molecular flexibility index (Phi) is 5.14. The predicted octanol–water partition coefficient (Wildman–Crippen LogP) is 2.64. The van der Waals surface area contributed by atoms with Crippen LogP contribution in [-0.4, -0.2) is 36.9 Å². The molecule has 0 unspecified atom stereocenters. The van der Waals surface area contributed by atoms with Gasteiger partial charge in [-0.25, -0.2) is 9.69 Å². The summed E-state index contributed by atoms with van der Waals surface area (Å²) in [6.07, 6.45) is 1.24. The van der Waals surface area contributed by atoms with Gasteiger partial charge in [0, 0.05) is 20.2 Å². The fourth-order valence-corrected chi connectivity index (χ4v) is 2.98. The Hall–Kier alpha value is -4.01. The highest BCUT2D eigenvalue weighted by atomic mass is 16.6. The number of urea groups is 1. The summed E-state index contributed by atoms with van der Waals surface area (Å²) in [5.41, 5.74) is 1.37. The molecule has 1 aliphatic heterocycles. The van der Waals surface area contributed by atoms with Crippen molar-refractivity contribution in [2.45, 2.75) is 6.92 Å². The summed E-state index contributed by atoms with van der Waals surface area (Å²) < 4.78 is 0. The summed E-state index contributed by atoms with van der Waals surface area (Å²) in [7, 11) is 3.34. The van der Waals surface area contributed by atoms with Crippen LogP contribution in [0.5, 0.6) is 0 Å². The lowest BCUT2D eigenvalue weighted by Crippen LogP contribution is -2.54. The molecule has 9 nitrogen and oxygen atoms in total. The Balaban J connectivity index is 2.05. The minimum atomic E-state index is -0.858. The highest BCUT2D eigenvalue weighted by Gasteiger charge is 2.36. The molecule has 2 aromatic carbocycles. The van der Waals surface area contributed by atoms with E-state index in [-0.39, 0.29) is 11.3 Å². The Morgan fingerprint density at radius 1 is 1.10 bits per heavy atom. The van der Waals surface area contributed by atoms with Gasteiger partial charge < -0.3 is 4.90 Å². The van der Waals surface area contributed by atoms with Crippen molar-refractivity contribution in [1.29, 1.82) is 0 Å². The van der Waals surface area contributed by atoms with Crippen molar-refractivity contribution in [3.05, 3.63) is 69.3 Å². The van der Waals surface area contributed by atoms with E-state index in [4.69, 9.17) is 0 Å². The maximum atomic E-state index is 12.9. The van der Waals surface area contributed by atoms with Crippen molar-refractivity contribution >= 4 is 41.0 Å². The number of carbonyl (C=O) groups excluding carboxylic acids is 3. The number of barbiturate groups is 1. The third-order valence-corrected chi connectivity index (χ3v) is 4.35. The number of nitro groups is 1. The summed E-state index contributed by atoms with van der Waals surface area (Å²) in [6.45, 7) is 1.81. The number of aryl methyl sites for hydroxylation is 1. The number of nitro benzene ring substituents is 1.